The molecule has 0 aliphatic heterocycles. The molecular weight excluding hydrogens is 219 g/mol. The fourth-order valence-electron chi connectivity index (χ4n) is 1.12. The average Bonchev–Trinajstić information content (AvgIpc) is 2.29. The Bertz CT molecular complexity index is 352. The summed E-state index contributed by atoms with van der Waals surface area (Å²) in [5, 5.41) is 0. The van der Waals surface area contributed by atoms with Gasteiger partial charge in [-0.15, -0.1) is 12.6 Å². The van der Waals surface area contributed by atoms with Crippen molar-refractivity contribution in [3.8, 4) is 0 Å². The van der Waals surface area contributed by atoms with E-state index in [9.17, 15) is 0 Å². The smallest absolute Gasteiger partial charge is 0.00718 e. The standard InChI is InChI=1S/C8H10S.C6H6.FH/c1-6-4-3-5-8(9)7(6)2;1-2-4-6-5-3-1;/h3-5,9H,1-2H3;1-6H;1H. The van der Waals surface area contributed by atoms with Crippen LogP contribution in [0.2, 0.25) is 0 Å². The number of thiol groups is 1. The van der Waals surface area contributed by atoms with Crippen LogP contribution in [0.3, 0.4) is 0 Å². The van der Waals surface area contributed by atoms with Crippen molar-refractivity contribution in [1.29, 1.82) is 0 Å². The maximum absolute atomic E-state index is 4.27. The van der Waals surface area contributed by atoms with Crippen molar-refractivity contribution in [2.24, 2.45) is 0 Å². The molecule has 86 valence electrons. The van der Waals surface area contributed by atoms with Gasteiger partial charge < -0.3 is 0 Å². The van der Waals surface area contributed by atoms with Crippen molar-refractivity contribution in [2.75, 3.05) is 0 Å². The summed E-state index contributed by atoms with van der Waals surface area (Å²) in [7, 11) is 0. The second-order valence-corrected chi connectivity index (χ2v) is 3.86. The van der Waals surface area contributed by atoms with Crippen LogP contribution in [0.15, 0.2) is 59.5 Å². The zero-order chi connectivity index (χ0) is 11.1. The van der Waals surface area contributed by atoms with Crippen LogP contribution in [-0.4, -0.2) is 0 Å². The predicted molar refractivity (Wildman–Crippen MR) is 72.1 cm³/mol. The van der Waals surface area contributed by atoms with Crippen LogP contribution >= 0.6 is 12.6 Å². The molecular formula is C14H17FS. The van der Waals surface area contributed by atoms with Crippen LogP contribution in [0, 0.1) is 13.8 Å². The largest absolute Gasteiger partial charge is 0.269 e. The summed E-state index contributed by atoms with van der Waals surface area (Å²) in [5.41, 5.74) is 2.59. The molecule has 0 saturated carbocycles. The number of benzene rings is 2. The van der Waals surface area contributed by atoms with Gasteiger partial charge in [-0.05, 0) is 31.0 Å². The van der Waals surface area contributed by atoms with Gasteiger partial charge in [-0.2, -0.15) is 0 Å². The van der Waals surface area contributed by atoms with Gasteiger partial charge in [0.1, 0.15) is 0 Å². The van der Waals surface area contributed by atoms with Crippen molar-refractivity contribution >= 4 is 12.6 Å². The van der Waals surface area contributed by atoms with E-state index >= 15 is 0 Å². The van der Waals surface area contributed by atoms with Gasteiger partial charge in [-0.25, -0.2) is 0 Å². The molecule has 0 aromatic heterocycles. The summed E-state index contributed by atoms with van der Waals surface area (Å²) in [6, 6.07) is 18.1. The van der Waals surface area contributed by atoms with E-state index in [0.717, 1.165) is 4.90 Å². The highest BCUT2D eigenvalue weighted by molar-refractivity contribution is 7.80. The molecule has 2 aromatic carbocycles. The average molecular weight is 236 g/mol. The minimum Gasteiger partial charge on any atom is -0.269 e. The maximum atomic E-state index is 4.27. The zero-order valence-corrected chi connectivity index (χ0v) is 10.4. The fourth-order valence-corrected chi connectivity index (χ4v) is 1.38. The van der Waals surface area contributed by atoms with Crippen LogP contribution in [0.5, 0.6) is 0 Å². The van der Waals surface area contributed by atoms with Crippen molar-refractivity contribution in [1.82, 2.24) is 0 Å². The Kier molecular flexibility index (Phi) is 7.31. The lowest BCUT2D eigenvalue weighted by molar-refractivity contribution is 1.11. The van der Waals surface area contributed by atoms with Crippen LogP contribution in [-0.2, 0) is 0 Å². The predicted octanol–water partition coefficient (Wildman–Crippen LogP) is 4.43. The third kappa shape index (κ3) is 4.99. The first-order chi connectivity index (χ1) is 7.22. The van der Waals surface area contributed by atoms with Gasteiger partial charge in [0, 0.05) is 4.90 Å². The summed E-state index contributed by atoms with van der Waals surface area (Å²) in [4.78, 5) is 1.08. The molecule has 0 fully saturated rings. The summed E-state index contributed by atoms with van der Waals surface area (Å²) >= 11 is 4.27. The molecule has 0 aliphatic rings. The number of halogens is 1. The first-order valence-electron chi connectivity index (χ1n) is 4.97. The normalized spacial score (nSPS) is 8.44. The van der Waals surface area contributed by atoms with E-state index in [2.05, 4.69) is 32.5 Å². The van der Waals surface area contributed by atoms with Gasteiger partial charge in [0.15, 0.2) is 0 Å². The molecule has 0 heterocycles. The third-order valence-electron chi connectivity index (χ3n) is 2.24. The quantitative estimate of drug-likeness (QED) is 0.643. The van der Waals surface area contributed by atoms with Crippen molar-refractivity contribution < 1.29 is 4.70 Å². The maximum Gasteiger partial charge on any atom is 0.00718 e. The van der Waals surface area contributed by atoms with Gasteiger partial charge in [0.25, 0.3) is 0 Å². The molecule has 0 spiro atoms. The Balaban J connectivity index is 0.000000283. The molecule has 0 bridgehead atoms. The molecule has 0 atom stereocenters. The molecule has 0 nitrogen and oxygen atoms in total. The summed E-state index contributed by atoms with van der Waals surface area (Å²) in [5.74, 6) is 0. The lowest BCUT2D eigenvalue weighted by Crippen LogP contribution is -1.79. The highest BCUT2D eigenvalue weighted by atomic mass is 32.1. The summed E-state index contributed by atoms with van der Waals surface area (Å²) in [6.45, 7) is 4.17. The molecule has 2 aromatic rings. The molecule has 2 rings (SSSR count). The Labute approximate surface area is 102 Å². The van der Waals surface area contributed by atoms with Crippen molar-refractivity contribution in [2.45, 2.75) is 18.7 Å². The molecule has 0 radical (unpaired) electrons. The first-order valence-corrected chi connectivity index (χ1v) is 5.41. The highest BCUT2D eigenvalue weighted by Crippen LogP contribution is 2.15. The Morgan fingerprint density at radius 3 is 1.50 bits per heavy atom. The fraction of sp³-hybridized carbons (Fsp3) is 0.143. The molecule has 0 aliphatic carbocycles. The molecule has 2 heteroatoms. The van der Waals surface area contributed by atoms with Crippen LogP contribution < -0.4 is 0 Å². The van der Waals surface area contributed by atoms with Crippen LogP contribution in [0.1, 0.15) is 11.1 Å². The number of aryl methyl sites for hydroxylation is 1. The minimum absolute atomic E-state index is 0. The number of hydrogen-bond donors (Lipinski definition) is 1. The Morgan fingerprint density at radius 1 is 0.750 bits per heavy atom. The van der Waals surface area contributed by atoms with Gasteiger partial charge in [-0.1, -0.05) is 48.5 Å². The lowest BCUT2D eigenvalue weighted by atomic mass is 10.1. The first kappa shape index (κ1) is 14.7. The van der Waals surface area contributed by atoms with E-state index in [1.54, 1.807) is 0 Å². The van der Waals surface area contributed by atoms with Crippen molar-refractivity contribution in [3.63, 3.8) is 0 Å². The van der Waals surface area contributed by atoms with Crippen LogP contribution in [0.25, 0.3) is 0 Å². The third-order valence-corrected chi connectivity index (χ3v) is 2.73. The van der Waals surface area contributed by atoms with Crippen molar-refractivity contribution in [3.05, 3.63) is 65.7 Å². The molecule has 0 amide bonds. The summed E-state index contributed by atoms with van der Waals surface area (Å²) < 4.78 is 0. The Hall–Kier alpha value is -1.28. The number of rotatable bonds is 0. The minimum atomic E-state index is 0. The second kappa shape index (κ2) is 7.94. The van der Waals surface area contributed by atoms with E-state index in [0.29, 0.717) is 0 Å². The van der Waals surface area contributed by atoms with E-state index in [1.807, 2.05) is 48.5 Å². The van der Waals surface area contributed by atoms with Gasteiger partial charge in [0.2, 0.25) is 0 Å². The molecule has 0 saturated heterocycles. The SMILES string of the molecule is Cc1cccc(S)c1C.F.c1ccccc1. The van der Waals surface area contributed by atoms with E-state index < -0.39 is 0 Å². The van der Waals surface area contributed by atoms with Gasteiger partial charge in [-0.3, -0.25) is 4.70 Å². The zero-order valence-electron chi connectivity index (χ0n) is 9.55. The van der Waals surface area contributed by atoms with E-state index in [-0.39, 0.29) is 4.70 Å². The topological polar surface area (TPSA) is 0 Å². The van der Waals surface area contributed by atoms with Gasteiger partial charge >= 0.3 is 0 Å². The van der Waals surface area contributed by atoms with Crippen LogP contribution in [0.4, 0.5) is 4.70 Å². The van der Waals surface area contributed by atoms with E-state index in [4.69, 9.17) is 0 Å². The Morgan fingerprint density at radius 2 is 1.19 bits per heavy atom. The number of hydrogen-bond acceptors (Lipinski definition) is 1. The molecule has 0 unspecified atom stereocenters. The van der Waals surface area contributed by atoms with Gasteiger partial charge in [0.05, 0.1) is 0 Å². The second-order valence-electron chi connectivity index (χ2n) is 3.37. The lowest BCUT2D eigenvalue weighted by Gasteiger charge is -2.00. The van der Waals surface area contributed by atoms with E-state index in [1.165, 1.54) is 11.1 Å². The highest BCUT2D eigenvalue weighted by Gasteiger charge is 1.92. The molecule has 0 N–H and O–H groups in total. The summed E-state index contributed by atoms with van der Waals surface area (Å²) in [6.07, 6.45) is 0. The monoisotopic (exact) mass is 236 g/mol. The molecule has 16 heavy (non-hydrogen) atoms.